The summed E-state index contributed by atoms with van der Waals surface area (Å²) in [6, 6.07) is 2.95. The number of aliphatic hydroxyl groups is 1. The summed E-state index contributed by atoms with van der Waals surface area (Å²) >= 11 is 0. The van der Waals surface area contributed by atoms with Crippen molar-refractivity contribution < 1.29 is 14.2 Å². The van der Waals surface area contributed by atoms with Gasteiger partial charge in [-0.3, -0.25) is 4.79 Å². The number of hydrogen-bond acceptors (Lipinski definition) is 4. The van der Waals surface area contributed by atoms with Gasteiger partial charge in [-0.15, -0.1) is 6.42 Å². The molecular formula is C21H25FN2O3. The van der Waals surface area contributed by atoms with Crippen LogP contribution >= 0.6 is 0 Å². The summed E-state index contributed by atoms with van der Waals surface area (Å²) in [7, 11) is 1.69. The maximum absolute atomic E-state index is 14.7. The van der Waals surface area contributed by atoms with Crippen molar-refractivity contribution in [1.29, 1.82) is 0 Å². The first-order valence-corrected chi connectivity index (χ1v) is 8.99. The predicted octanol–water partition coefficient (Wildman–Crippen LogP) is 2.88. The van der Waals surface area contributed by atoms with Gasteiger partial charge in [0.15, 0.2) is 0 Å². The zero-order valence-corrected chi connectivity index (χ0v) is 16.1. The smallest absolute Gasteiger partial charge is 0.266 e. The summed E-state index contributed by atoms with van der Waals surface area (Å²) in [5, 5.41) is 10.8. The zero-order valence-electron chi connectivity index (χ0n) is 16.1. The SMILES string of the molecule is C#Cc1c(N2CCC(C)(OC)CC2)c2cc(C(C)(C)O)cc(F)c2[nH]c1=O. The molecule has 0 unspecified atom stereocenters. The summed E-state index contributed by atoms with van der Waals surface area (Å²) in [6.07, 6.45) is 7.14. The molecule has 0 amide bonds. The lowest BCUT2D eigenvalue weighted by atomic mass is 9.91. The number of aromatic nitrogens is 1. The minimum absolute atomic E-state index is 0.0991. The van der Waals surface area contributed by atoms with Gasteiger partial charge in [-0.1, -0.05) is 5.92 Å². The summed E-state index contributed by atoms with van der Waals surface area (Å²) in [6.45, 7) is 6.49. The van der Waals surface area contributed by atoms with Crippen LogP contribution in [0.4, 0.5) is 10.1 Å². The molecule has 1 saturated heterocycles. The lowest BCUT2D eigenvalue weighted by Gasteiger charge is -2.40. The number of benzene rings is 1. The first-order valence-electron chi connectivity index (χ1n) is 8.99. The van der Waals surface area contributed by atoms with Crippen molar-refractivity contribution in [3.8, 4) is 12.3 Å². The third-order valence-electron chi connectivity index (χ3n) is 5.53. The van der Waals surface area contributed by atoms with Gasteiger partial charge in [0, 0.05) is 25.6 Å². The van der Waals surface area contributed by atoms with Gasteiger partial charge in [-0.25, -0.2) is 4.39 Å². The molecule has 144 valence electrons. The molecule has 0 aliphatic carbocycles. The molecule has 0 saturated carbocycles. The molecule has 3 rings (SSSR count). The number of piperidine rings is 1. The first kappa shape index (κ1) is 19.4. The number of nitrogens with one attached hydrogen (secondary N) is 1. The Kier molecular flexibility index (Phi) is 4.79. The number of pyridine rings is 1. The quantitative estimate of drug-likeness (QED) is 0.813. The number of ether oxygens (including phenoxy) is 1. The number of rotatable bonds is 3. The van der Waals surface area contributed by atoms with Crippen molar-refractivity contribution in [2.75, 3.05) is 25.1 Å². The highest BCUT2D eigenvalue weighted by Gasteiger charge is 2.32. The van der Waals surface area contributed by atoms with E-state index < -0.39 is 17.0 Å². The largest absolute Gasteiger partial charge is 0.386 e. The maximum Gasteiger partial charge on any atom is 0.266 e. The van der Waals surface area contributed by atoms with Crippen molar-refractivity contribution in [3.05, 3.63) is 39.4 Å². The highest BCUT2D eigenvalue weighted by Crippen LogP contribution is 2.36. The minimum atomic E-state index is -1.23. The van der Waals surface area contributed by atoms with Crippen LogP contribution in [0, 0.1) is 18.2 Å². The van der Waals surface area contributed by atoms with Crippen molar-refractivity contribution >= 4 is 16.6 Å². The molecule has 2 heterocycles. The average Bonchev–Trinajstić information content (AvgIpc) is 2.61. The number of aromatic amines is 1. The standard InChI is InChI=1S/C21H25FN2O3/c1-6-14-18(24-9-7-21(4,27-5)8-10-24)15-11-13(20(2,3)26)12-16(22)17(15)23-19(14)25/h1,11-12,26H,7-10H2,2-5H3,(H,23,25). The minimum Gasteiger partial charge on any atom is -0.386 e. The second-order valence-corrected chi connectivity index (χ2v) is 7.90. The van der Waals surface area contributed by atoms with Crippen LogP contribution in [0.1, 0.15) is 44.7 Å². The van der Waals surface area contributed by atoms with E-state index in [0.29, 0.717) is 29.7 Å². The number of methoxy groups -OCH3 is 1. The Bertz CT molecular complexity index is 974. The van der Waals surface area contributed by atoms with Crippen LogP contribution in [-0.4, -0.2) is 35.9 Å². The molecule has 1 aromatic carbocycles. The molecule has 0 radical (unpaired) electrons. The van der Waals surface area contributed by atoms with Crippen molar-refractivity contribution in [1.82, 2.24) is 4.98 Å². The summed E-state index contributed by atoms with van der Waals surface area (Å²) < 4.78 is 20.3. The number of H-pyrrole nitrogens is 1. The number of nitrogens with zero attached hydrogens (tertiary/aromatic N) is 1. The first-order chi connectivity index (χ1) is 12.6. The Balaban J connectivity index is 2.25. The second kappa shape index (κ2) is 6.66. The third kappa shape index (κ3) is 3.45. The van der Waals surface area contributed by atoms with Gasteiger partial charge >= 0.3 is 0 Å². The Hall–Kier alpha value is -2.36. The highest BCUT2D eigenvalue weighted by atomic mass is 19.1. The van der Waals surface area contributed by atoms with Gasteiger partial charge in [0.2, 0.25) is 0 Å². The van der Waals surface area contributed by atoms with Crippen molar-refractivity contribution in [2.45, 2.75) is 44.8 Å². The van der Waals surface area contributed by atoms with Crippen LogP contribution < -0.4 is 10.5 Å². The van der Waals surface area contributed by atoms with Gasteiger partial charge in [-0.2, -0.15) is 0 Å². The van der Waals surface area contributed by atoms with Crippen LogP contribution in [0.15, 0.2) is 16.9 Å². The maximum atomic E-state index is 14.7. The second-order valence-electron chi connectivity index (χ2n) is 7.90. The number of halogens is 1. The molecule has 2 N–H and O–H groups in total. The summed E-state index contributed by atoms with van der Waals surface area (Å²) in [5.41, 5.74) is -0.711. The third-order valence-corrected chi connectivity index (χ3v) is 5.53. The van der Waals surface area contributed by atoms with E-state index in [-0.39, 0.29) is 16.7 Å². The molecular weight excluding hydrogens is 347 g/mol. The lowest BCUT2D eigenvalue weighted by molar-refractivity contribution is -0.0132. The van der Waals surface area contributed by atoms with Crippen molar-refractivity contribution in [3.63, 3.8) is 0 Å². The van der Waals surface area contributed by atoms with Gasteiger partial charge in [0.25, 0.3) is 5.56 Å². The van der Waals surface area contributed by atoms with E-state index in [4.69, 9.17) is 11.2 Å². The van der Waals surface area contributed by atoms with E-state index >= 15 is 0 Å². The van der Waals surface area contributed by atoms with Gasteiger partial charge < -0.3 is 19.7 Å². The molecule has 1 aromatic heterocycles. The fourth-order valence-electron chi connectivity index (χ4n) is 3.56. The molecule has 27 heavy (non-hydrogen) atoms. The Morgan fingerprint density at radius 2 is 2.00 bits per heavy atom. The average molecular weight is 372 g/mol. The monoisotopic (exact) mass is 372 g/mol. The zero-order chi connectivity index (χ0) is 20.0. The molecule has 0 atom stereocenters. The van der Waals surface area contributed by atoms with Crippen LogP contribution in [0.25, 0.3) is 10.9 Å². The van der Waals surface area contributed by atoms with Gasteiger partial charge in [-0.05, 0) is 51.3 Å². The van der Waals surface area contributed by atoms with E-state index in [1.54, 1.807) is 27.0 Å². The van der Waals surface area contributed by atoms with Crippen LogP contribution in [0.2, 0.25) is 0 Å². The fraction of sp³-hybridized carbons (Fsp3) is 0.476. The Labute approximate surface area is 158 Å². The summed E-state index contributed by atoms with van der Waals surface area (Å²) in [4.78, 5) is 17.1. The molecule has 0 spiro atoms. The van der Waals surface area contributed by atoms with Crippen LogP contribution in [-0.2, 0) is 10.3 Å². The van der Waals surface area contributed by atoms with Crippen LogP contribution in [0.3, 0.4) is 0 Å². The topological polar surface area (TPSA) is 65.6 Å². The molecule has 5 nitrogen and oxygen atoms in total. The molecule has 1 fully saturated rings. The van der Waals surface area contributed by atoms with E-state index in [1.807, 2.05) is 11.8 Å². The highest BCUT2D eigenvalue weighted by molar-refractivity contribution is 5.95. The molecule has 1 aliphatic rings. The van der Waals surface area contributed by atoms with Gasteiger partial charge in [0.1, 0.15) is 11.4 Å². The van der Waals surface area contributed by atoms with Crippen LogP contribution in [0.5, 0.6) is 0 Å². The molecule has 1 aliphatic heterocycles. The molecule has 6 heteroatoms. The summed E-state index contributed by atoms with van der Waals surface area (Å²) in [5.74, 6) is 1.87. The lowest BCUT2D eigenvalue weighted by Crippen LogP contribution is -2.44. The fourth-order valence-corrected chi connectivity index (χ4v) is 3.56. The van der Waals surface area contributed by atoms with E-state index in [0.717, 1.165) is 12.8 Å². The number of anilines is 1. The normalized spacial score (nSPS) is 17.1. The van der Waals surface area contributed by atoms with E-state index in [2.05, 4.69) is 10.9 Å². The number of terminal acetylenes is 1. The van der Waals surface area contributed by atoms with E-state index in [1.165, 1.54) is 6.07 Å². The van der Waals surface area contributed by atoms with E-state index in [9.17, 15) is 14.3 Å². The van der Waals surface area contributed by atoms with Crippen molar-refractivity contribution in [2.24, 2.45) is 0 Å². The Morgan fingerprint density at radius 3 is 2.52 bits per heavy atom. The predicted molar refractivity (Wildman–Crippen MR) is 105 cm³/mol. The number of fused-ring (bicyclic) bond motifs is 1. The number of hydrogen-bond donors (Lipinski definition) is 2. The molecule has 0 bridgehead atoms. The Morgan fingerprint density at radius 1 is 1.37 bits per heavy atom. The molecule has 2 aromatic rings. The van der Waals surface area contributed by atoms with Gasteiger partial charge in [0.05, 0.1) is 22.4 Å².